The first kappa shape index (κ1) is 16.7. The number of aromatic nitrogens is 4. The van der Waals surface area contributed by atoms with E-state index in [-0.39, 0.29) is 11.2 Å². The van der Waals surface area contributed by atoms with E-state index < -0.39 is 0 Å². The highest BCUT2D eigenvalue weighted by molar-refractivity contribution is 5.07. The third-order valence-corrected chi connectivity index (χ3v) is 4.98. The molecule has 1 atom stereocenters. The molecule has 2 aromatic heterocycles. The number of rotatable bonds is 4. The summed E-state index contributed by atoms with van der Waals surface area (Å²) < 4.78 is 4.77. The molecule has 0 N–H and O–H groups in total. The maximum atomic E-state index is 12.1. The van der Waals surface area contributed by atoms with E-state index in [4.69, 9.17) is 0 Å². The van der Waals surface area contributed by atoms with E-state index in [2.05, 4.69) is 27.7 Å². The molecule has 0 spiro atoms. The summed E-state index contributed by atoms with van der Waals surface area (Å²) in [5.41, 5.74) is 2.45. The summed E-state index contributed by atoms with van der Waals surface area (Å²) in [4.78, 5) is 26.4. The first-order valence-corrected chi connectivity index (χ1v) is 8.38. The normalized spacial score (nSPS) is 18.4. The SMILES string of the molecule is Cc1cc(C)n(CC2CCCN2Cc2cc(=O)n(C)c(=O)n2C)n1. The Morgan fingerprint density at radius 1 is 1.17 bits per heavy atom. The van der Waals surface area contributed by atoms with Crippen LogP contribution in [0, 0.1) is 13.8 Å². The summed E-state index contributed by atoms with van der Waals surface area (Å²) in [6, 6.07) is 4.03. The largest absolute Gasteiger partial charge is 0.330 e. The van der Waals surface area contributed by atoms with Gasteiger partial charge in [0.25, 0.3) is 5.56 Å². The molecular weight excluding hydrogens is 306 g/mol. The third-order valence-electron chi connectivity index (χ3n) is 4.98. The quantitative estimate of drug-likeness (QED) is 0.821. The van der Waals surface area contributed by atoms with Gasteiger partial charge in [-0.2, -0.15) is 5.10 Å². The van der Waals surface area contributed by atoms with Crippen molar-refractivity contribution in [3.8, 4) is 0 Å². The van der Waals surface area contributed by atoms with Crippen molar-refractivity contribution < 1.29 is 0 Å². The van der Waals surface area contributed by atoms with Gasteiger partial charge >= 0.3 is 5.69 Å². The highest BCUT2D eigenvalue weighted by Gasteiger charge is 2.26. The number of likely N-dealkylation sites (tertiary alicyclic amines) is 1. The lowest BCUT2D eigenvalue weighted by Gasteiger charge is -2.25. The van der Waals surface area contributed by atoms with Gasteiger partial charge < -0.3 is 0 Å². The molecule has 0 saturated carbocycles. The van der Waals surface area contributed by atoms with E-state index in [9.17, 15) is 9.59 Å². The summed E-state index contributed by atoms with van der Waals surface area (Å²) >= 11 is 0. The monoisotopic (exact) mass is 331 g/mol. The second-order valence-corrected chi connectivity index (χ2v) is 6.75. The second kappa shape index (κ2) is 6.39. The summed E-state index contributed by atoms with van der Waals surface area (Å²) in [7, 11) is 3.24. The van der Waals surface area contributed by atoms with Crippen LogP contribution in [0.15, 0.2) is 21.7 Å². The van der Waals surface area contributed by atoms with Crippen molar-refractivity contribution in [2.45, 2.75) is 45.8 Å². The van der Waals surface area contributed by atoms with Gasteiger partial charge in [-0.1, -0.05) is 0 Å². The van der Waals surface area contributed by atoms with Crippen LogP contribution in [0.1, 0.15) is 29.9 Å². The van der Waals surface area contributed by atoms with Crippen molar-refractivity contribution in [3.63, 3.8) is 0 Å². The van der Waals surface area contributed by atoms with E-state index in [0.717, 1.165) is 41.9 Å². The highest BCUT2D eigenvalue weighted by Crippen LogP contribution is 2.21. The predicted molar refractivity (Wildman–Crippen MR) is 92.1 cm³/mol. The summed E-state index contributed by atoms with van der Waals surface area (Å²) in [5.74, 6) is 0. The Morgan fingerprint density at radius 2 is 1.92 bits per heavy atom. The Bertz CT molecular complexity index is 861. The minimum atomic E-state index is -0.271. The van der Waals surface area contributed by atoms with Gasteiger partial charge in [-0.25, -0.2) is 4.79 Å². The Labute approximate surface area is 141 Å². The lowest BCUT2D eigenvalue weighted by atomic mass is 10.2. The molecule has 0 amide bonds. The van der Waals surface area contributed by atoms with Gasteiger partial charge in [0.05, 0.1) is 12.2 Å². The summed E-state index contributed by atoms with van der Waals surface area (Å²) in [6.07, 6.45) is 2.24. The zero-order chi connectivity index (χ0) is 17.4. The fraction of sp³-hybridized carbons (Fsp3) is 0.588. The molecule has 0 aromatic carbocycles. The number of aryl methyl sites for hydroxylation is 2. The molecule has 1 fully saturated rings. The third kappa shape index (κ3) is 3.08. The molecule has 1 saturated heterocycles. The molecule has 1 aliphatic heterocycles. The first-order chi connectivity index (χ1) is 11.4. The molecule has 0 radical (unpaired) electrons. The van der Waals surface area contributed by atoms with Gasteiger partial charge in [0.2, 0.25) is 0 Å². The van der Waals surface area contributed by atoms with Gasteiger partial charge in [-0.05, 0) is 39.3 Å². The molecule has 1 aliphatic rings. The van der Waals surface area contributed by atoms with Crippen LogP contribution in [-0.4, -0.2) is 36.4 Å². The topological polar surface area (TPSA) is 65.1 Å². The molecule has 1 unspecified atom stereocenters. The van der Waals surface area contributed by atoms with E-state index in [1.54, 1.807) is 17.7 Å². The van der Waals surface area contributed by atoms with Crippen LogP contribution in [-0.2, 0) is 27.2 Å². The molecular formula is C17H25N5O2. The fourth-order valence-electron chi connectivity index (χ4n) is 3.51. The number of hydrogen-bond donors (Lipinski definition) is 0. The van der Waals surface area contributed by atoms with Crippen LogP contribution in [0.3, 0.4) is 0 Å². The lowest BCUT2D eigenvalue weighted by molar-refractivity contribution is 0.212. The van der Waals surface area contributed by atoms with E-state index in [0.29, 0.717) is 12.6 Å². The standard InChI is InChI=1S/C17H25N5O2/c1-12-8-13(2)22(18-12)11-14-6-5-7-21(14)10-15-9-16(23)20(4)17(24)19(15)3/h8-9,14H,5-7,10-11H2,1-4H3. The van der Waals surface area contributed by atoms with Crippen molar-refractivity contribution in [2.24, 2.45) is 14.1 Å². The fourth-order valence-corrected chi connectivity index (χ4v) is 3.51. The maximum Gasteiger partial charge on any atom is 0.330 e. The van der Waals surface area contributed by atoms with Crippen molar-refractivity contribution in [1.82, 2.24) is 23.8 Å². The minimum absolute atomic E-state index is 0.248. The van der Waals surface area contributed by atoms with Crippen molar-refractivity contribution >= 4 is 0 Å². The zero-order valence-electron chi connectivity index (χ0n) is 14.8. The molecule has 2 aromatic rings. The molecule has 0 bridgehead atoms. The Balaban J connectivity index is 1.81. The van der Waals surface area contributed by atoms with E-state index in [1.807, 2.05) is 6.92 Å². The molecule has 7 nitrogen and oxygen atoms in total. The number of hydrogen-bond acceptors (Lipinski definition) is 4. The average molecular weight is 331 g/mol. The molecule has 7 heteroatoms. The first-order valence-electron chi connectivity index (χ1n) is 8.38. The van der Waals surface area contributed by atoms with Gasteiger partial charge in [0.1, 0.15) is 0 Å². The molecule has 3 rings (SSSR count). The van der Waals surface area contributed by atoms with E-state index >= 15 is 0 Å². The molecule has 24 heavy (non-hydrogen) atoms. The van der Waals surface area contributed by atoms with Gasteiger partial charge in [-0.15, -0.1) is 0 Å². The smallest absolute Gasteiger partial charge is 0.299 e. The van der Waals surface area contributed by atoms with E-state index in [1.165, 1.54) is 12.7 Å². The summed E-state index contributed by atoms with van der Waals surface area (Å²) in [6.45, 7) is 6.52. The van der Waals surface area contributed by atoms with Crippen LogP contribution in [0.2, 0.25) is 0 Å². The number of nitrogens with zero attached hydrogens (tertiary/aromatic N) is 5. The lowest BCUT2D eigenvalue weighted by Crippen LogP contribution is -2.40. The molecule has 0 aliphatic carbocycles. The minimum Gasteiger partial charge on any atom is -0.299 e. The van der Waals surface area contributed by atoms with Gasteiger partial charge in [0, 0.05) is 44.1 Å². The van der Waals surface area contributed by atoms with Crippen LogP contribution in [0.5, 0.6) is 0 Å². The van der Waals surface area contributed by atoms with Crippen LogP contribution >= 0.6 is 0 Å². The van der Waals surface area contributed by atoms with Crippen LogP contribution in [0.25, 0.3) is 0 Å². The Hall–Kier alpha value is -2.15. The van der Waals surface area contributed by atoms with Gasteiger partial charge in [-0.3, -0.25) is 23.5 Å². The van der Waals surface area contributed by atoms with Crippen molar-refractivity contribution in [2.75, 3.05) is 6.54 Å². The summed E-state index contributed by atoms with van der Waals surface area (Å²) in [5, 5.41) is 4.55. The highest BCUT2D eigenvalue weighted by atomic mass is 16.2. The van der Waals surface area contributed by atoms with Crippen LogP contribution in [0.4, 0.5) is 0 Å². The zero-order valence-corrected chi connectivity index (χ0v) is 14.8. The van der Waals surface area contributed by atoms with Crippen molar-refractivity contribution in [1.29, 1.82) is 0 Å². The predicted octanol–water partition coefficient (Wildman–Crippen LogP) is 0.562. The second-order valence-electron chi connectivity index (χ2n) is 6.75. The Kier molecular flexibility index (Phi) is 4.45. The maximum absolute atomic E-state index is 12.1. The van der Waals surface area contributed by atoms with Crippen LogP contribution < -0.4 is 11.2 Å². The molecule has 130 valence electrons. The average Bonchev–Trinajstić information content (AvgIpc) is 3.09. The Morgan fingerprint density at radius 3 is 2.58 bits per heavy atom. The van der Waals surface area contributed by atoms with Gasteiger partial charge in [0.15, 0.2) is 0 Å². The van der Waals surface area contributed by atoms with Crippen molar-refractivity contribution in [3.05, 3.63) is 50.1 Å². The molecule has 3 heterocycles.